The van der Waals surface area contributed by atoms with Gasteiger partial charge in [0.2, 0.25) is 0 Å². The third kappa shape index (κ3) is 9.44. The lowest BCUT2D eigenvalue weighted by atomic mass is 9.88. The van der Waals surface area contributed by atoms with Crippen molar-refractivity contribution in [2.24, 2.45) is 4.99 Å². The zero-order chi connectivity index (χ0) is 23.5. The number of carbonyl (C=O) groups is 1. The monoisotopic (exact) mass is 447 g/mol. The van der Waals surface area contributed by atoms with Crippen molar-refractivity contribution in [1.82, 2.24) is 21.3 Å². The summed E-state index contributed by atoms with van der Waals surface area (Å²) in [6, 6.07) is 10.7. The van der Waals surface area contributed by atoms with Gasteiger partial charge in [0.25, 0.3) is 0 Å². The molecule has 1 saturated heterocycles. The minimum Gasteiger partial charge on any atom is -0.444 e. The molecule has 1 aromatic rings. The standard InChI is InChI=1S/C24H41N5O3/c1-6-25-21(26-14-15-27-22(30)32-23(3,4)5)28-18-24(12-16-31-17-13-24)29-19(2)20-10-8-7-9-11-20/h7-11,19,29H,6,12-18H2,1-5H3,(H,27,30)(H2,25,26,28). The highest BCUT2D eigenvalue weighted by Crippen LogP contribution is 2.26. The maximum absolute atomic E-state index is 11.8. The number of carbonyl (C=O) groups excluding carboxylic acids is 1. The number of benzene rings is 1. The van der Waals surface area contributed by atoms with Gasteiger partial charge in [-0.3, -0.25) is 4.99 Å². The fraction of sp³-hybridized carbons (Fsp3) is 0.667. The maximum atomic E-state index is 11.8. The van der Waals surface area contributed by atoms with E-state index in [1.54, 1.807) is 0 Å². The molecule has 1 atom stereocenters. The van der Waals surface area contributed by atoms with Gasteiger partial charge in [0, 0.05) is 44.4 Å². The van der Waals surface area contributed by atoms with E-state index < -0.39 is 11.7 Å². The second kappa shape index (κ2) is 12.6. The Bertz CT molecular complexity index is 712. The normalized spacial score (nSPS) is 17.3. The van der Waals surface area contributed by atoms with Gasteiger partial charge in [-0.25, -0.2) is 4.79 Å². The summed E-state index contributed by atoms with van der Waals surface area (Å²) in [6.07, 6.45) is 1.40. The Morgan fingerprint density at radius 3 is 2.41 bits per heavy atom. The minimum absolute atomic E-state index is 0.120. The van der Waals surface area contributed by atoms with E-state index in [9.17, 15) is 4.79 Å². The van der Waals surface area contributed by atoms with Crippen LogP contribution in [0, 0.1) is 0 Å². The van der Waals surface area contributed by atoms with Gasteiger partial charge in [-0.2, -0.15) is 0 Å². The van der Waals surface area contributed by atoms with Crippen LogP contribution in [0.15, 0.2) is 35.3 Å². The summed E-state index contributed by atoms with van der Waals surface area (Å²) in [6.45, 7) is 13.6. The fourth-order valence-corrected chi connectivity index (χ4v) is 3.63. The van der Waals surface area contributed by atoms with Crippen LogP contribution in [0.4, 0.5) is 4.79 Å². The van der Waals surface area contributed by atoms with Gasteiger partial charge in [-0.1, -0.05) is 30.3 Å². The number of alkyl carbamates (subject to hydrolysis) is 1. The molecule has 0 saturated carbocycles. The summed E-state index contributed by atoms with van der Waals surface area (Å²) in [5, 5.41) is 13.2. The highest BCUT2D eigenvalue weighted by Gasteiger charge is 2.34. The molecule has 0 aromatic heterocycles. The van der Waals surface area contributed by atoms with Crippen molar-refractivity contribution in [1.29, 1.82) is 0 Å². The van der Waals surface area contributed by atoms with Gasteiger partial charge >= 0.3 is 6.09 Å². The second-order valence-corrected chi connectivity index (χ2v) is 9.22. The topological polar surface area (TPSA) is 96.0 Å². The molecule has 1 aromatic carbocycles. The highest BCUT2D eigenvalue weighted by atomic mass is 16.6. The molecule has 2 rings (SSSR count). The molecule has 180 valence electrons. The van der Waals surface area contributed by atoms with Crippen LogP contribution >= 0.6 is 0 Å². The molecule has 8 nitrogen and oxygen atoms in total. The summed E-state index contributed by atoms with van der Waals surface area (Å²) in [5.74, 6) is 0.735. The molecular formula is C24H41N5O3. The van der Waals surface area contributed by atoms with E-state index in [1.165, 1.54) is 5.56 Å². The SMILES string of the molecule is CCNC(=NCC1(NC(C)c2ccccc2)CCOCC1)NCCNC(=O)OC(C)(C)C. The van der Waals surface area contributed by atoms with Crippen molar-refractivity contribution in [2.75, 3.05) is 39.4 Å². The summed E-state index contributed by atoms with van der Waals surface area (Å²) in [5.41, 5.74) is 0.640. The molecule has 8 heteroatoms. The lowest BCUT2D eigenvalue weighted by molar-refractivity contribution is 0.0374. The summed E-state index contributed by atoms with van der Waals surface area (Å²) in [7, 11) is 0. The largest absolute Gasteiger partial charge is 0.444 e. The van der Waals surface area contributed by atoms with Crippen LogP contribution in [0.5, 0.6) is 0 Å². The van der Waals surface area contributed by atoms with Crippen molar-refractivity contribution in [3.63, 3.8) is 0 Å². The van der Waals surface area contributed by atoms with Crippen LogP contribution in [0.2, 0.25) is 0 Å². The van der Waals surface area contributed by atoms with Gasteiger partial charge in [0.05, 0.1) is 6.54 Å². The Balaban J connectivity index is 1.94. The molecule has 0 spiro atoms. The molecule has 0 aliphatic carbocycles. The number of guanidine groups is 1. The van der Waals surface area contributed by atoms with E-state index in [1.807, 2.05) is 33.8 Å². The van der Waals surface area contributed by atoms with E-state index in [0.717, 1.165) is 38.6 Å². The summed E-state index contributed by atoms with van der Waals surface area (Å²) < 4.78 is 10.9. The van der Waals surface area contributed by atoms with Crippen LogP contribution in [0.1, 0.15) is 59.1 Å². The van der Waals surface area contributed by atoms with Gasteiger partial charge in [0.1, 0.15) is 5.60 Å². The van der Waals surface area contributed by atoms with E-state index in [4.69, 9.17) is 14.5 Å². The molecule has 1 heterocycles. The first-order valence-electron chi connectivity index (χ1n) is 11.6. The second-order valence-electron chi connectivity index (χ2n) is 9.22. The van der Waals surface area contributed by atoms with Crippen LogP contribution in [0.3, 0.4) is 0 Å². The van der Waals surface area contributed by atoms with E-state index in [2.05, 4.69) is 52.5 Å². The number of ether oxygens (including phenoxy) is 2. The molecule has 1 aliphatic heterocycles. The van der Waals surface area contributed by atoms with Crippen LogP contribution in [-0.4, -0.2) is 62.6 Å². The smallest absolute Gasteiger partial charge is 0.407 e. The fourth-order valence-electron chi connectivity index (χ4n) is 3.63. The third-order valence-corrected chi connectivity index (χ3v) is 5.24. The molecule has 32 heavy (non-hydrogen) atoms. The van der Waals surface area contributed by atoms with E-state index in [-0.39, 0.29) is 11.6 Å². The Hall–Kier alpha value is -2.32. The van der Waals surface area contributed by atoms with Gasteiger partial charge in [-0.15, -0.1) is 0 Å². The molecule has 0 bridgehead atoms. The van der Waals surface area contributed by atoms with Crippen molar-refractivity contribution < 1.29 is 14.3 Å². The molecule has 1 aliphatic rings. The van der Waals surface area contributed by atoms with Crippen molar-refractivity contribution in [3.8, 4) is 0 Å². The predicted molar refractivity (Wildman–Crippen MR) is 129 cm³/mol. The molecule has 0 radical (unpaired) electrons. The molecular weight excluding hydrogens is 406 g/mol. The lowest BCUT2D eigenvalue weighted by Gasteiger charge is -2.39. The van der Waals surface area contributed by atoms with Gasteiger partial charge < -0.3 is 30.7 Å². The van der Waals surface area contributed by atoms with Crippen molar-refractivity contribution in [3.05, 3.63) is 35.9 Å². The van der Waals surface area contributed by atoms with Crippen molar-refractivity contribution >= 4 is 12.1 Å². The van der Waals surface area contributed by atoms with Crippen LogP contribution < -0.4 is 21.3 Å². The third-order valence-electron chi connectivity index (χ3n) is 5.24. The number of hydrogen-bond donors (Lipinski definition) is 4. The first kappa shape index (κ1) is 25.9. The zero-order valence-corrected chi connectivity index (χ0v) is 20.3. The lowest BCUT2D eigenvalue weighted by Crippen LogP contribution is -2.53. The van der Waals surface area contributed by atoms with E-state index in [0.29, 0.717) is 19.6 Å². The van der Waals surface area contributed by atoms with Crippen molar-refractivity contribution in [2.45, 2.75) is 64.6 Å². The molecule has 1 unspecified atom stereocenters. The molecule has 4 N–H and O–H groups in total. The summed E-state index contributed by atoms with van der Waals surface area (Å²) in [4.78, 5) is 16.7. The van der Waals surface area contributed by atoms with Gasteiger partial charge in [0.15, 0.2) is 5.96 Å². The Morgan fingerprint density at radius 2 is 1.78 bits per heavy atom. The Labute approximate surface area is 192 Å². The van der Waals surface area contributed by atoms with Crippen LogP contribution in [0.25, 0.3) is 0 Å². The number of nitrogens with one attached hydrogen (secondary N) is 4. The average molecular weight is 448 g/mol. The number of hydrogen-bond acceptors (Lipinski definition) is 5. The Kier molecular flexibility index (Phi) is 10.3. The van der Waals surface area contributed by atoms with Crippen LogP contribution in [-0.2, 0) is 9.47 Å². The number of rotatable bonds is 9. The first-order chi connectivity index (χ1) is 15.2. The quantitative estimate of drug-likeness (QED) is 0.264. The average Bonchev–Trinajstić information content (AvgIpc) is 2.75. The first-order valence-corrected chi connectivity index (χ1v) is 11.6. The zero-order valence-electron chi connectivity index (χ0n) is 20.3. The minimum atomic E-state index is -0.504. The summed E-state index contributed by atoms with van der Waals surface area (Å²) >= 11 is 0. The predicted octanol–water partition coefficient (Wildman–Crippen LogP) is 2.97. The Morgan fingerprint density at radius 1 is 1.12 bits per heavy atom. The van der Waals surface area contributed by atoms with E-state index >= 15 is 0 Å². The highest BCUT2D eigenvalue weighted by molar-refractivity contribution is 5.79. The maximum Gasteiger partial charge on any atom is 0.407 e. The molecule has 1 fully saturated rings. The molecule has 1 amide bonds. The van der Waals surface area contributed by atoms with Gasteiger partial charge in [-0.05, 0) is 53.0 Å². The number of aliphatic imine (C=N–C) groups is 1. The number of amides is 1. The number of nitrogens with zero attached hydrogens (tertiary/aromatic N) is 1.